The van der Waals surface area contributed by atoms with E-state index in [0.717, 1.165) is 0 Å². The minimum absolute atomic E-state index is 0.165. The van der Waals surface area contributed by atoms with E-state index >= 15 is 0 Å². The van der Waals surface area contributed by atoms with Crippen LogP contribution in [0, 0.1) is 0 Å². The molecule has 0 aliphatic heterocycles. The number of sulfonamides is 1. The third-order valence-electron chi connectivity index (χ3n) is 2.43. The maximum atomic E-state index is 11.9. The molecular weight excluding hydrogens is 266 g/mol. The zero-order valence-electron chi connectivity index (χ0n) is 11.5. The molecule has 0 saturated carbocycles. The van der Waals surface area contributed by atoms with Gasteiger partial charge < -0.3 is 9.47 Å². The maximum absolute atomic E-state index is 11.9. The van der Waals surface area contributed by atoms with Gasteiger partial charge in [-0.05, 0) is 44.5 Å². The van der Waals surface area contributed by atoms with Gasteiger partial charge in [0.05, 0.1) is 18.1 Å². The van der Waals surface area contributed by atoms with Crippen LogP contribution in [0.2, 0.25) is 0 Å². The fourth-order valence-corrected chi connectivity index (χ4v) is 2.51. The van der Waals surface area contributed by atoms with Crippen LogP contribution in [-0.2, 0) is 14.8 Å². The van der Waals surface area contributed by atoms with E-state index in [1.54, 1.807) is 12.1 Å². The van der Waals surface area contributed by atoms with Crippen molar-refractivity contribution in [3.8, 4) is 5.75 Å². The zero-order chi connectivity index (χ0) is 14.3. The standard InChI is InChI=1S/C13H21NO4S/c1-11(2)18-10-4-9-14-19(15,16)13-7-5-12(17-3)6-8-13/h5-8,11,14H,4,9-10H2,1-3H3. The summed E-state index contributed by atoms with van der Waals surface area (Å²) in [5.41, 5.74) is 0. The molecule has 1 aromatic rings. The summed E-state index contributed by atoms with van der Waals surface area (Å²) in [7, 11) is -1.91. The smallest absolute Gasteiger partial charge is 0.240 e. The number of hydrogen-bond donors (Lipinski definition) is 1. The summed E-state index contributed by atoms with van der Waals surface area (Å²) in [5, 5.41) is 0. The third-order valence-corrected chi connectivity index (χ3v) is 3.91. The van der Waals surface area contributed by atoms with Crippen molar-refractivity contribution >= 4 is 10.0 Å². The average Bonchev–Trinajstić information content (AvgIpc) is 2.38. The van der Waals surface area contributed by atoms with Crippen LogP contribution in [0.4, 0.5) is 0 Å². The minimum atomic E-state index is -3.45. The fourth-order valence-electron chi connectivity index (χ4n) is 1.44. The second-order valence-corrected chi connectivity index (χ2v) is 6.11. The number of hydrogen-bond acceptors (Lipinski definition) is 4. The first-order chi connectivity index (χ1) is 8.95. The lowest BCUT2D eigenvalue weighted by Crippen LogP contribution is -2.25. The highest BCUT2D eigenvalue weighted by atomic mass is 32.2. The topological polar surface area (TPSA) is 64.6 Å². The van der Waals surface area contributed by atoms with Crippen molar-refractivity contribution in [3.05, 3.63) is 24.3 Å². The Morgan fingerprint density at radius 1 is 1.21 bits per heavy atom. The summed E-state index contributed by atoms with van der Waals surface area (Å²) in [6.07, 6.45) is 0.811. The van der Waals surface area contributed by atoms with Gasteiger partial charge in [-0.15, -0.1) is 0 Å². The van der Waals surface area contributed by atoms with Crippen LogP contribution in [0.25, 0.3) is 0 Å². The molecule has 0 spiro atoms. The minimum Gasteiger partial charge on any atom is -0.497 e. The monoisotopic (exact) mass is 287 g/mol. The van der Waals surface area contributed by atoms with Gasteiger partial charge in [0.25, 0.3) is 0 Å². The normalized spacial score (nSPS) is 11.8. The van der Waals surface area contributed by atoms with Crippen LogP contribution in [0.1, 0.15) is 20.3 Å². The van der Waals surface area contributed by atoms with E-state index in [1.807, 2.05) is 13.8 Å². The summed E-state index contributed by atoms with van der Waals surface area (Å²) in [5.74, 6) is 0.629. The molecule has 0 aromatic heterocycles. The summed E-state index contributed by atoms with van der Waals surface area (Å²) in [4.78, 5) is 0.234. The lowest BCUT2D eigenvalue weighted by Gasteiger charge is -2.09. The van der Waals surface area contributed by atoms with Gasteiger partial charge in [-0.25, -0.2) is 13.1 Å². The highest BCUT2D eigenvalue weighted by Crippen LogP contribution is 2.15. The SMILES string of the molecule is COc1ccc(S(=O)(=O)NCCCOC(C)C)cc1. The molecule has 0 unspecified atom stereocenters. The van der Waals surface area contributed by atoms with Crippen molar-refractivity contribution in [2.75, 3.05) is 20.3 Å². The Labute approximate surface area is 115 Å². The van der Waals surface area contributed by atoms with Gasteiger partial charge in [0.15, 0.2) is 0 Å². The molecule has 5 nitrogen and oxygen atoms in total. The molecule has 0 aliphatic rings. The molecule has 0 saturated heterocycles. The van der Waals surface area contributed by atoms with Crippen LogP contribution in [0.5, 0.6) is 5.75 Å². The molecule has 0 bridgehead atoms. The summed E-state index contributed by atoms with van der Waals surface area (Å²) in [6, 6.07) is 6.28. The largest absolute Gasteiger partial charge is 0.497 e. The molecule has 108 valence electrons. The van der Waals surface area contributed by atoms with Crippen LogP contribution in [-0.4, -0.2) is 34.8 Å². The first kappa shape index (κ1) is 15.9. The number of methoxy groups -OCH3 is 1. The molecule has 0 radical (unpaired) electrons. The van der Waals surface area contributed by atoms with Crippen molar-refractivity contribution in [2.24, 2.45) is 0 Å². The van der Waals surface area contributed by atoms with Crippen LogP contribution in [0.3, 0.4) is 0 Å². The molecule has 19 heavy (non-hydrogen) atoms. The van der Waals surface area contributed by atoms with Gasteiger partial charge in [0.2, 0.25) is 10.0 Å². The van der Waals surface area contributed by atoms with Gasteiger partial charge in [-0.3, -0.25) is 0 Å². The van der Waals surface area contributed by atoms with E-state index in [-0.39, 0.29) is 11.0 Å². The molecule has 0 aliphatic carbocycles. The number of nitrogens with one attached hydrogen (secondary N) is 1. The molecule has 1 rings (SSSR count). The van der Waals surface area contributed by atoms with E-state index in [1.165, 1.54) is 19.2 Å². The summed E-state index contributed by atoms with van der Waals surface area (Å²) < 4.78 is 36.7. The van der Waals surface area contributed by atoms with Gasteiger partial charge in [-0.2, -0.15) is 0 Å². The Bertz CT molecular complexity index is 468. The van der Waals surface area contributed by atoms with Crippen LogP contribution in [0.15, 0.2) is 29.2 Å². The van der Waals surface area contributed by atoms with Crippen molar-refractivity contribution in [1.82, 2.24) is 4.72 Å². The van der Waals surface area contributed by atoms with Crippen molar-refractivity contribution in [1.29, 1.82) is 0 Å². The molecule has 0 fully saturated rings. The maximum Gasteiger partial charge on any atom is 0.240 e. The van der Waals surface area contributed by atoms with Gasteiger partial charge in [0.1, 0.15) is 5.75 Å². The molecule has 6 heteroatoms. The molecule has 0 atom stereocenters. The summed E-state index contributed by atoms with van der Waals surface area (Å²) in [6.45, 7) is 4.80. The lowest BCUT2D eigenvalue weighted by atomic mass is 10.3. The molecule has 0 amide bonds. The van der Waals surface area contributed by atoms with Gasteiger partial charge >= 0.3 is 0 Å². The van der Waals surface area contributed by atoms with Crippen LogP contribution < -0.4 is 9.46 Å². The molecule has 1 N–H and O–H groups in total. The Hall–Kier alpha value is -1.11. The van der Waals surface area contributed by atoms with Gasteiger partial charge in [-0.1, -0.05) is 0 Å². The zero-order valence-corrected chi connectivity index (χ0v) is 12.4. The second kappa shape index (κ2) is 7.47. The Kier molecular flexibility index (Phi) is 6.27. The van der Waals surface area contributed by atoms with E-state index < -0.39 is 10.0 Å². The number of benzene rings is 1. The molecule has 0 heterocycles. The van der Waals surface area contributed by atoms with E-state index in [0.29, 0.717) is 25.3 Å². The predicted molar refractivity (Wildman–Crippen MR) is 73.9 cm³/mol. The average molecular weight is 287 g/mol. The first-order valence-corrected chi connectivity index (χ1v) is 7.69. The van der Waals surface area contributed by atoms with Crippen molar-refractivity contribution < 1.29 is 17.9 Å². The first-order valence-electron chi connectivity index (χ1n) is 6.21. The third kappa shape index (κ3) is 5.59. The van der Waals surface area contributed by atoms with E-state index in [9.17, 15) is 8.42 Å². The van der Waals surface area contributed by atoms with Crippen molar-refractivity contribution in [2.45, 2.75) is 31.3 Å². The highest BCUT2D eigenvalue weighted by Gasteiger charge is 2.12. The van der Waals surface area contributed by atoms with Gasteiger partial charge in [0, 0.05) is 13.2 Å². The summed E-state index contributed by atoms with van der Waals surface area (Å²) >= 11 is 0. The Morgan fingerprint density at radius 2 is 1.84 bits per heavy atom. The highest BCUT2D eigenvalue weighted by molar-refractivity contribution is 7.89. The Morgan fingerprint density at radius 3 is 2.37 bits per heavy atom. The molecular formula is C13H21NO4S. The lowest BCUT2D eigenvalue weighted by molar-refractivity contribution is 0.0778. The quantitative estimate of drug-likeness (QED) is 0.740. The fraction of sp³-hybridized carbons (Fsp3) is 0.538. The van der Waals surface area contributed by atoms with Crippen molar-refractivity contribution in [3.63, 3.8) is 0 Å². The second-order valence-electron chi connectivity index (χ2n) is 4.35. The predicted octanol–water partition coefficient (Wildman–Crippen LogP) is 1.79. The van der Waals surface area contributed by atoms with E-state index in [2.05, 4.69) is 4.72 Å². The molecule has 1 aromatic carbocycles. The number of ether oxygens (including phenoxy) is 2. The number of rotatable bonds is 8. The Balaban J connectivity index is 2.46. The van der Waals surface area contributed by atoms with Crippen LogP contribution >= 0.6 is 0 Å². The van der Waals surface area contributed by atoms with E-state index in [4.69, 9.17) is 9.47 Å².